The third-order valence-electron chi connectivity index (χ3n) is 4.43. The minimum absolute atomic E-state index is 0.0546. The number of nitrogens with zero attached hydrogens (tertiary/aromatic N) is 1. The van der Waals surface area contributed by atoms with Crippen LogP contribution >= 0.6 is 0 Å². The van der Waals surface area contributed by atoms with Crippen molar-refractivity contribution in [2.45, 2.75) is 52.5 Å². The third kappa shape index (κ3) is 3.20. The van der Waals surface area contributed by atoms with Gasteiger partial charge in [-0.15, -0.1) is 0 Å². The van der Waals surface area contributed by atoms with Crippen LogP contribution in [0.2, 0.25) is 0 Å². The maximum atomic E-state index is 12.3. The summed E-state index contributed by atoms with van der Waals surface area (Å²) >= 11 is 0. The molecule has 5 nitrogen and oxygen atoms in total. The zero-order valence-corrected chi connectivity index (χ0v) is 12.6. The van der Waals surface area contributed by atoms with Crippen molar-refractivity contribution in [1.29, 1.82) is 0 Å². The number of aromatic nitrogens is 1. The molecule has 1 atom stereocenters. The normalized spacial score (nSPS) is 24.4. The van der Waals surface area contributed by atoms with E-state index >= 15 is 0 Å². The third-order valence-corrected chi connectivity index (χ3v) is 4.43. The van der Waals surface area contributed by atoms with Crippen LogP contribution in [0.3, 0.4) is 0 Å². The Bertz CT molecular complexity index is 442. The van der Waals surface area contributed by atoms with E-state index in [2.05, 4.69) is 10.5 Å². The summed E-state index contributed by atoms with van der Waals surface area (Å²) in [6.45, 7) is 6.51. The molecule has 1 fully saturated rings. The number of hydrogen-bond donors (Lipinski definition) is 2. The van der Waals surface area contributed by atoms with Crippen molar-refractivity contribution >= 4 is 5.91 Å². The lowest BCUT2D eigenvalue weighted by atomic mass is 9.81. The maximum Gasteiger partial charge on any atom is 0.223 e. The predicted octanol–water partition coefficient (Wildman–Crippen LogP) is 2.23. The van der Waals surface area contributed by atoms with Crippen LogP contribution in [0.1, 0.15) is 55.7 Å². The van der Waals surface area contributed by atoms with Crippen LogP contribution in [-0.2, 0) is 4.79 Å². The van der Waals surface area contributed by atoms with Gasteiger partial charge in [-0.05, 0) is 58.9 Å². The van der Waals surface area contributed by atoms with Gasteiger partial charge in [0, 0.05) is 11.5 Å². The molecule has 1 saturated carbocycles. The molecule has 0 radical (unpaired) electrons. The predicted molar refractivity (Wildman–Crippen MR) is 77.0 cm³/mol. The molecular weight excluding hydrogens is 254 g/mol. The second kappa shape index (κ2) is 6.39. The maximum absolute atomic E-state index is 12.3. The number of amides is 1. The Morgan fingerprint density at radius 2 is 2.05 bits per heavy atom. The molecule has 0 bridgehead atoms. The average Bonchev–Trinajstić information content (AvgIpc) is 2.78. The van der Waals surface area contributed by atoms with Gasteiger partial charge in [0.25, 0.3) is 0 Å². The highest BCUT2D eigenvalue weighted by atomic mass is 16.5. The van der Waals surface area contributed by atoms with Crippen LogP contribution in [0.25, 0.3) is 0 Å². The monoisotopic (exact) mass is 279 g/mol. The SMILES string of the molecule is Cc1noc(C)c1C(C)NC(=O)C1CCC(CN)CC1. The standard InChI is InChI=1S/C15H25N3O2/c1-9(14-10(2)18-20-11(14)3)17-15(19)13-6-4-12(8-16)5-7-13/h9,12-13H,4-8,16H2,1-3H3,(H,17,19). The highest BCUT2D eigenvalue weighted by Gasteiger charge is 2.27. The second-order valence-corrected chi connectivity index (χ2v) is 5.92. The molecule has 1 aromatic heterocycles. The first kappa shape index (κ1) is 15.0. The van der Waals surface area contributed by atoms with Crippen LogP contribution in [0.15, 0.2) is 4.52 Å². The van der Waals surface area contributed by atoms with Gasteiger partial charge in [-0.2, -0.15) is 0 Å². The summed E-state index contributed by atoms with van der Waals surface area (Å²) in [5.41, 5.74) is 7.53. The smallest absolute Gasteiger partial charge is 0.223 e. The zero-order valence-electron chi connectivity index (χ0n) is 12.6. The minimum atomic E-state index is -0.0546. The van der Waals surface area contributed by atoms with E-state index in [1.165, 1.54) is 0 Å². The van der Waals surface area contributed by atoms with Crippen molar-refractivity contribution in [3.63, 3.8) is 0 Å². The van der Waals surface area contributed by atoms with E-state index < -0.39 is 0 Å². The molecule has 0 aliphatic heterocycles. The minimum Gasteiger partial charge on any atom is -0.361 e. The Morgan fingerprint density at radius 3 is 2.55 bits per heavy atom. The zero-order chi connectivity index (χ0) is 14.7. The molecule has 2 rings (SSSR count). The number of hydrogen-bond acceptors (Lipinski definition) is 4. The fourth-order valence-electron chi connectivity index (χ4n) is 3.17. The molecule has 1 amide bonds. The fourth-order valence-corrected chi connectivity index (χ4v) is 3.17. The van der Waals surface area contributed by atoms with E-state index in [-0.39, 0.29) is 17.9 Å². The Hall–Kier alpha value is -1.36. The number of rotatable bonds is 4. The van der Waals surface area contributed by atoms with Gasteiger partial charge in [0.15, 0.2) is 0 Å². The van der Waals surface area contributed by atoms with Crippen molar-refractivity contribution in [3.05, 3.63) is 17.0 Å². The van der Waals surface area contributed by atoms with Crippen LogP contribution in [-0.4, -0.2) is 17.6 Å². The molecule has 112 valence electrons. The van der Waals surface area contributed by atoms with E-state index in [9.17, 15) is 4.79 Å². The molecule has 1 aliphatic rings. The molecule has 1 unspecified atom stereocenters. The largest absolute Gasteiger partial charge is 0.361 e. The molecule has 3 N–H and O–H groups in total. The van der Waals surface area contributed by atoms with Gasteiger partial charge in [-0.25, -0.2) is 0 Å². The van der Waals surface area contributed by atoms with Gasteiger partial charge >= 0.3 is 0 Å². The molecule has 1 aromatic rings. The fraction of sp³-hybridized carbons (Fsp3) is 0.733. The van der Waals surface area contributed by atoms with Gasteiger partial charge in [-0.1, -0.05) is 5.16 Å². The lowest BCUT2D eigenvalue weighted by molar-refractivity contribution is -0.126. The summed E-state index contributed by atoms with van der Waals surface area (Å²) in [4.78, 5) is 12.3. The first-order valence-electron chi connectivity index (χ1n) is 7.46. The molecule has 0 spiro atoms. The van der Waals surface area contributed by atoms with Gasteiger partial charge in [0.1, 0.15) is 5.76 Å². The molecule has 0 aromatic carbocycles. The number of nitrogens with two attached hydrogens (primary N) is 1. The number of carbonyl (C=O) groups is 1. The van der Waals surface area contributed by atoms with Gasteiger partial charge in [0.2, 0.25) is 5.91 Å². The van der Waals surface area contributed by atoms with Crippen molar-refractivity contribution < 1.29 is 9.32 Å². The van der Waals surface area contributed by atoms with E-state index in [4.69, 9.17) is 10.3 Å². The van der Waals surface area contributed by atoms with Crippen molar-refractivity contribution in [2.75, 3.05) is 6.54 Å². The Morgan fingerprint density at radius 1 is 1.40 bits per heavy atom. The topological polar surface area (TPSA) is 81.2 Å². The van der Waals surface area contributed by atoms with Crippen LogP contribution < -0.4 is 11.1 Å². The molecule has 1 aliphatic carbocycles. The van der Waals surface area contributed by atoms with E-state index in [0.717, 1.165) is 49.2 Å². The highest BCUT2D eigenvalue weighted by Crippen LogP contribution is 2.29. The Kier molecular flexibility index (Phi) is 4.81. The second-order valence-electron chi connectivity index (χ2n) is 5.92. The Labute approximate surface area is 120 Å². The van der Waals surface area contributed by atoms with Crippen LogP contribution in [0.5, 0.6) is 0 Å². The molecule has 5 heteroatoms. The lowest BCUT2D eigenvalue weighted by Crippen LogP contribution is -2.36. The summed E-state index contributed by atoms with van der Waals surface area (Å²) in [5.74, 6) is 1.65. The molecule has 1 heterocycles. The van der Waals surface area contributed by atoms with Crippen LogP contribution in [0, 0.1) is 25.7 Å². The summed E-state index contributed by atoms with van der Waals surface area (Å²) in [6.07, 6.45) is 4.02. The van der Waals surface area contributed by atoms with Gasteiger partial charge in [0.05, 0.1) is 11.7 Å². The summed E-state index contributed by atoms with van der Waals surface area (Å²) < 4.78 is 5.16. The average molecular weight is 279 g/mol. The number of carbonyl (C=O) groups excluding carboxylic acids is 1. The van der Waals surface area contributed by atoms with Crippen molar-refractivity contribution in [1.82, 2.24) is 10.5 Å². The highest BCUT2D eigenvalue weighted by molar-refractivity contribution is 5.79. The van der Waals surface area contributed by atoms with Crippen molar-refractivity contribution in [3.8, 4) is 0 Å². The van der Waals surface area contributed by atoms with E-state index in [1.807, 2.05) is 20.8 Å². The van der Waals surface area contributed by atoms with Crippen molar-refractivity contribution in [2.24, 2.45) is 17.6 Å². The summed E-state index contributed by atoms with van der Waals surface area (Å²) in [5, 5.41) is 7.03. The van der Waals surface area contributed by atoms with Gasteiger partial charge in [-0.3, -0.25) is 4.79 Å². The molecule has 0 saturated heterocycles. The first-order valence-corrected chi connectivity index (χ1v) is 7.46. The molecular formula is C15H25N3O2. The number of aryl methyl sites for hydroxylation is 2. The van der Waals surface area contributed by atoms with E-state index in [1.54, 1.807) is 0 Å². The summed E-state index contributed by atoms with van der Waals surface area (Å²) in [7, 11) is 0. The Balaban J connectivity index is 1.92. The van der Waals surface area contributed by atoms with E-state index in [0.29, 0.717) is 5.92 Å². The first-order chi connectivity index (χ1) is 9.52. The quantitative estimate of drug-likeness (QED) is 0.885. The number of nitrogens with one attached hydrogen (secondary N) is 1. The molecule has 20 heavy (non-hydrogen) atoms. The van der Waals surface area contributed by atoms with Gasteiger partial charge < -0.3 is 15.6 Å². The summed E-state index contributed by atoms with van der Waals surface area (Å²) in [6, 6.07) is -0.0546. The van der Waals surface area contributed by atoms with Crippen LogP contribution in [0.4, 0.5) is 0 Å². The lowest BCUT2D eigenvalue weighted by Gasteiger charge is -2.27.